The first kappa shape index (κ1) is 12.7. The highest BCUT2D eigenvalue weighted by Crippen LogP contribution is 2.30. The van der Waals surface area contributed by atoms with E-state index in [-0.39, 0.29) is 6.04 Å². The van der Waals surface area contributed by atoms with Crippen molar-refractivity contribution in [1.29, 1.82) is 0 Å². The maximum Gasteiger partial charge on any atom is 0.0343 e. The van der Waals surface area contributed by atoms with Crippen LogP contribution in [0.5, 0.6) is 0 Å². The fourth-order valence-corrected chi connectivity index (χ4v) is 3.44. The number of hydrogen-bond acceptors (Lipinski definition) is 2. The number of rotatable bonds is 3. The molecule has 0 spiro atoms. The third-order valence-corrected chi connectivity index (χ3v) is 4.59. The molecule has 1 aromatic carbocycles. The van der Waals surface area contributed by atoms with E-state index in [0.717, 1.165) is 18.5 Å². The zero-order chi connectivity index (χ0) is 13.2. The van der Waals surface area contributed by atoms with Crippen LogP contribution in [-0.4, -0.2) is 6.04 Å². The quantitative estimate of drug-likeness (QED) is 0.868. The summed E-state index contributed by atoms with van der Waals surface area (Å²) in [6.07, 6.45) is 8.76. The van der Waals surface area contributed by atoms with Crippen LogP contribution >= 0.6 is 0 Å². The van der Waals surface area contributed by atoms with Gasteiger partial charge in [0.05, 0.1) is 0 Å². The van der Waals surface area contributed by atoms with Gasteiger partial charge in [0, 0.05) is 17.8 Å². The van der Waals surface area contributed by atoms with Gasteiger partial charge < -0.3 is 11.1 Å². The summed E-state index contributed by atoms with van der Waals surface area (Å²) >= 11 is 0. The number of nitrogens with one attached hydrogen (secondary N) is 1. The summed E-state index contributed by atoms with van der Waals surface area (Å²) in [5.41, 5.74) is 11.2. The van der Waals surface area contributed by atoms with Gasteiger partial charge in [-0.3, -0.25) is 0 Å². The van der Waals surface area contributed by atoms with Crippen molar-refractivity contribution < 1.29 is 0 Å². The second-order valence-electron chi connectivity index (χ2n) is 6.02. The van der Waals surface area contributed by atoms with Crippen LogP contribution in [0.15, 0.2) is 24.8 Å². The lowest BCUT2D eigenvalue weighted by molar-refractivity contribution is 0.570. The molecule has 0 radical (unpaired) electrons. The van der Waals surface area contributed by atoms with Crippen LogP contribution in [0.1, 0.15) is 61.3 Å². The Balaban J connectivity index is 1.75. The van der Waals surface area contributed by atoms with Crippen molar-refractivity contribution in [3.05, 3.63) is 41.5 Å². The highest BCUT2D eigenvalue weighted by Gasteiger charge is 2.19. The SMILES string of the molecule is C=C(NC1CCCC1)c1ccc2c(c1)CCCC2N. The monoisotopic (exact) mass is 256 g/mol. The third kappa shape index (κ3) is 2.69. The van der Waals surface area contributed by atoms with Crippen molar-refractivity contribution in [3.63, 3.8) is 0 Å². The number of benzene rings is 1. The van der Waals surface area contributed by atoms with Crippen LogP contribution < -0.4 is 11.1 Å². The number of aryl methyl sites for hydroxylation is 1. The van der Waals surface area contributed by atoms with E-state index in [4.69, 9.17) is 5.73 Å². The van der Waals surface area contributed by atoms with Gasteiger partial charge in [-0.2, -0.15) is 0 Å². The average Bonchev–Trinajstić information content (AvgIpc) is 2.91. The van der Waals surface area contributed by atoms with Gasteiger partial charge in [0.1, 0.15) is 0 Å². The molecule has 2 heteroatoms. The van der Waals surface area contributed by atoms with E-state index in [1.807, 2.05) is 0 Å². The second-order valence-corrected chi connectivity index (χ2v) is 6.02. The van der Waals surface area contributed by atoms with Gasteiger partial charge in [0.2, 0.25) is 0 Å². The molecule has 1 saturated carbocycles. The van der Waals surface area contributed by atoms with Crippen molar-refractivity contribution in [3.8, 4) is 0 Å². The maximum absolute atomic E-state index is 6.17. The smallest absolute Gasteiger partial charge is 0.0343 e. The van der Waals surface area contributed by atoms with Crippen LogP contribution in [-0.2, 0) is 6.42 Å². The lowest BCUT2D eigenvalue weighted by Gasteiger charge is -2.24. The Kier molecular flexibility index (Phi) is 3.61. The van der Waals surface area contributed by atoms with Crippen molar-refractivity contribution in [2.24, 2.45) is 5.73 Å². The molecular formula is C17H24N2. The highest BCUT2D eigenvalue weighted by molar-refractivity contribution is 5.63. The molecule has 0 amide bonds. The summed E-state index contributed by atoms with van der Waals surface area (Å²) in [4.78, 5) is 0. The van der Waals surface area contributed by atoms with Crippen molar-refractivity contribution >= 4 is 5.70 Å². The molecule has 3 N–H and O–H groups in total. The lowest BCUT2D eigenvalue weighted by Crippen LogP contribution is -2.24. The van der Waals surface area contributed by atoms with Gasteiger partial charge in [-0.25, -0.2) is 0 Å². The standard InChI is InChI=1S/C17H24N2/c1-12(19-15-6-2-3-7-15)13-9-10-16-14(11-13)5-4-8-17(16)18/h9-11,15,17,19H,1-8,18H2. The first-order valence-corrected chi connectivity index (χ1v) is 7.58. The van der Waals surface area contributed by atoms with Crippen LogP contribution in [0, 0.1) is 0 Å². The molecule has 2 aliphatic carbocycles. The third-order valence-electron chi connectivity index (χ3n) is 4.59. The van der Waals surface area contributed by atoms with E-state index in [0.29, 0.717) is 6.04 Å². The fraction of sp³-hybridized carbons (Fsp3) is 0.529. The Morgan fingerprint density at radius 2 is 1.95 bits per heavy atom. The summed E-state index contributed by atoms with van der Waals surface area (Å²) in [6, 6.07) is 7.53. The highest BCUT2D eigenvalue weighted by atomic mass is 14.9. The molecule has 2 aliphatic rings. The number of hydrogen-bond donors (Lipinski definition) is 2. The summed E-state index contributed by atoms with van der Waals surface area (Å²) in [5, 5.41) is 3.59. The van der Waals surface area contributed by atoms with Crippen LogP contribution in [0.2, 0.25) is 0 Å². The Labute approximate surface area is 116 Å². The summed E-state index contributed by atoms with van der Waals surface area (Å²) in [7, 11) is 0. The van der Waals surface area contributed by atoms with Gasteiger partial charge in [0.15, 0.2) is 0 Å². The van der Waals surface area contributed by atoms with Crippen LogP contribution in [0.3, 0.4) is 0 Å². The molecule has 0 heterocycles. The first-order chi connectivity index (χ1) is 9.24. The second kappa shape index (κ2) is 5.38. The fourth-order valence-electron chi connectivity index (χ4n) is 3.44. The van der Waals surface area contributed by atoms with Crippen molar-refractivity contribution in [1.82, 2.24) is 5.32 Å². The Bertz CT molecular complexity index is 472. The molecule has 102 valence electrons. The molecule has 0 bridgehead atoms. The van der Waals surface area contributed by atoms with E-state index in [1.54, 1.807) is 0 Å². The number of fused-ring (bicyclic) bond motifs is 1. The summed E-state index contributed by atoms with van der Waals surface area (Å²) < 4.78 is 0. The lowest BCUT2D eigenvalue weighted by atomic mass is 9.87. The van der Waals surface area contributed by atoms with Crippen molar-refractivity contribution in [2.45, 2.75) is 57.0 Å². The van der Waals surface area contributed by atoms with Crippen molar-refractivity contribution in [2.75, 3.05) is 0 Å². The largest absolute Gasteiger partial charge is 0.382 e. The minimum absolute atomic E-state index is 0.230. The zero-order valence-electron chi connectivity index (χ0n) is 11.6. The topological polar surface area (TPSA) is 38.0 Å². The molecule has 1 aromatic rings. The molecule has 19 heavy (non-hydrogen) atoms. The zero-order valence-corrected chi connectivity index (χ0v) is 11.6. The van der Waals surface area contributed by atoms with Crippen LogP contribution in [0.4, 0.5) is 0 Å². The van der Waals surface area contributed by atoms with Gasteiger partial charge >= 0.3 is 0 Å². The maximum atomic E-state index is 6.17. The van der Waals surface area contributed by atoms with E-state index in [2.05, 4.69) is 30.1 Å². The molecule has 2 nitrogen and oxygen atoms in total. The van der Waals surface area contributed by atoms with E-state index in [9.17, 15) is 0 Å². The summed E-state index contributed by atoms with van der Waals surface area (Å²) in [5.74, 6) is 0. The van der Waals surface area contributed by atoms with Crippen LogP contribution in [0.25, 0.3) is 5.70 Å². The molecule has 1 unspecified atom stereocenters. The summed E-state index contributed by atoms with van der Waals surface area (Å²) in [6.45, 7) is 4.21. The van der Waals surface area contributed by atoms with E-state index < -0.39 is 0 Å². The van der Waals surface area contributed by atoms with Gasteiger partial charge in [0.25, 0.3) is 0 Å². The predicted octanol–water partition coefficient (Wildman–Crippen LogP) is 3.53. The van der Waals surface area contributed by atoms with E-state index in [1.165, 1.54) is 48.8 Å². The van der Waals surface area contributed by atoms with Gasteiger partial charge in [-0.15, -0.1) is 0 Å². The first-order valence-electron chi connectivity index (χ1n) is 7.58. The number of nitrogens with two attached hydrogens (primary N) is 1. The Hall–Kier alpha value is -1.28. The van der Waals surface area contributed by atoms with Gasteiger partial charge in [-0.1, -0.05) is 31.6 Å². The minimum atomic E-state index is 0.230. The molecule has 1 fully saturated rings. The normalized spacial score (nSPS) is 23.1. The molecule has 3 rings (SSSR count). The molecule has 0 aliphatic heterocycles. The van der Waals surface area contributed by atoms with E-state index >= 15 is 0 Å². The Morgan fingerprint density at radius 1 is 1.16 bits per heavy atom. The molecule has 0 aromatic heterocycles. The molecular weight excluding hydrogens is 232 g/mol. The predicted molar refractivity (Wildman–Crippen MR) is 80.7 cm³/mol. The minimum Gasteiger partial charge on any atom is -0.382 e. The average molecular weight is 256 g/mol. The van der Waals surface area contributed by atoms with Gasteiger partial charge in [-0.05, 0) is 54.9 Å². The molecule has 0 saturated heterocycles. The Morgan fingerprint density at radius 3 is 2.74 bits per heavy atom. The molecule has 1 atom stereocenters.